The first-order chi connectivity index (χ1) is 13.4. The molecule has 1 aliphatic rings. The second-order valence-electron chi connectivity index (χ2n) is 6.62. The highest BCUT2D eigenvalue weighted by molar-refractivity contribution is 7.89. The maximum Gasteiger partial charge on any atom is 0.270 e. The minimum atomic E-state index is -3.65. The van der Waals surface area contributed by atoms with E-state index in [4.69, 9.17) is 0 Å². The van der Waals surface area contributed by atoms with Gasteiger partial charge in [-0.1, -0.05) is 17.7 Å². The molecule has 10 heteroatoms. The molecule has 0 aliphatic carbocycles. The van der Waals surface area contributed by atoms with E-state index in [1.54, 1.807) is 52.1 Å². The average Bonchev–Trinajstić information content (AvgIpc) is 3.37. The van der Waals surface area contributed by atoms with Gasteiger partial charge < -0.3 is 5.32 Å². The molecule has 146 valence electrons. The molecular weight excluding hydrogens is 398 g/mol. The summed E-state index contributed by atoms with van der Waals surface area (Å²) >= 11 is 1.34. The molecule has 4 rings (SSSR count). The number of hydrogen-bond donors (Lipinski definition) is 1. The average molecular weight is 418 g/mol. The summed E-state index contributed by atoms with van der Waals surface area (Å²) in [5.41, 5.74) is 3.73. The van der Waals surface area contributed by atoms with Crippen LogP contribution in [0.1, 0.15) is 27.8 Å². The molecule has 0 radical (unpaired) electrons. The summed E-state index contributed by atoms with van der Waals surface area (Å²) in [6.07, 6.45) is 1.65. The van der Waals surface area contributed by atoms with Crippen molar-refractivity contribution in [2.75, 3.05) is 13.1 Å². The van der Waals surface area contributed by atoms with Crippen molar-refractivity contribution in [3.05, 3.63) is 64.4 Å². The van der Waals surface area contributed by atoms with Crippen LogP contribution in [-0.2, 0) is 16.6 Å². The van der Waals surface area contributed by atoms with Crippen LogP contribution in [0.2, 0.25) is 0 Å². The topological polar surface area (TPSA) is 97.2 Å². The molecule has 0 spiro atoms. The number of amides is 1. The number of carbonyl (C=O) groups is 1. The molecule has 1 atom stereocenters. The SMILES string of the molecule is Cc1ccc(S(=O)(=O)N2Cc3ccnn3[C@@H](CNC(=O)c3cscn3)C2)cc1. The van der Waals surface area contributed by atoms with E-state index < -0.39 is 10.0 Å². The number of benzene rings is 1. The van der Waals surface area contributed by atoms with Gasteiger partial charge in [-0.2, -0.15) is 9.40 Å². The lowest BCUT2D eigenvalue weighted by molar-refractivity contribution is 0.0938. The minimum Gasteiger partial charge on any atom is -0.348 e. The number of thiazole rings is 1. The van der Waals surface area contributed by atoms with Crippen molar-refractivity contribution in [3.8, 4) is 0 Å². The van der Waals surface area contributed by atoms with Gasteiger partial charge in [-0.15, -0.1) is 11.3 Å². The smallest absolute Gasteiger partial charge is 0.270 e. The van der Waals surface area contributed by atoms with E-state index in [-0.39, 0.29) is 36.5 Å². The summed E-state index contributed by atoms with van der Waals surface area (Å²) in [6, 6.07) is 8.30. The van der Waals surface area contributed by atoms with Gasteiger partial charge >= 0.3 is 0 Å². The van der Waals surface area contributed by atoms with Crippen molar-refractivity contribution in [2.24, 2.45) is 0 Å². The summed E-state index contributed by atoms with van der Waals surface area (Å²) < 4.78 is 29.4. The van der Waals surface area contributed by atoms with E-state index in [0.717, 1.165) is 11.3 Å². The number of nitrogens with one attached hydrogen (secondary N) is 1. The molecule has 8 nitrogen and oxygen atoms in total. The molecular formula is C18H19N5O3S2. The minimum absolute atomic E-state index is 0.224. The number of aryl methyl sites for hydroxylation is 1. The van der Waals surface area contributed by atoms with Crippen molar-refractivity contribution in [2.45, 2.75) is 24.4 Å². The molecule has 28 heavy (non-hydrogen) atoms. The predicted molar refractivity (Wildman–Crippen MR) is 104 cm³/mol. The van der Waals surface area contributed by atoms with Crippen molar-refractivity contribution in [1.29, 1.82) is 0 Å². The largest absolute Gasteiger partial charge is 0.348 e. The molecule has 0 bridgehead atoms. The number of carbonyl (C=O) groups excluding carboxylic acids is 1. The summed E-state index contributed by atoms with van der Waals surface area (Å²) in [6.45, 7) is 2.64. The number of rotatable bonds is 5. The van der Waals surface area contributed by atoms with E-state index in [1.807, 2.05) is 6.92 Å². The first-order valence-electron chi connectivity index (χ1n) is 8.71. The van der Waals surface area contributed by atoms with Crippen LogP contribution in [-0.4, -0.2) is 46.5 Å². The van der Waals surface area contributed by atoms with Crippen LogP contribution in [0.15, 0.2) is 52.3 Å². The lowest BCUT2D eigenvalue weighted by Crippen LogP contribution is -2.45. The summed E-state index contributed by atoms with van der Waals surface area (Å²) in [5.74, 6) is -0.284. The van der Waals surface area contributed by atoms with Gasteiger partial charge in [0.1, 0.15) is 5.69 Å². The van der Waals surface area contributed by atoms with Crippen LogP contribution in [0.3, 0.4) is 0 Å². The Morgan fingerprint density at radius 3 is 2.79 bits per heavy atom. The third-order valence-corrected chi connectivity index (χ3v) is 7.09. The second-order valence-corrected chi connectivity index (χ2v) is 9.27. The predicted octanol–water partition coefficient (Wildman–Crippen LogP) is 1.82. The number of fused-ring (bicyclic) bond motifs is 1. The summed E-state index contributed by atoms with van der Waals surface area (Å²) in [7, 11) is -3.65. The molecule has 1 aliphatic heterocycles. The molecule has 0 saturated heterocycles. The lowest BCUT2D eigenvalue weighted by Gasteiger charge is -2.33. The van der Waals surface area contributed by atoms with Crippen molar-refractivity contribution >= 4 is 27.3 Å². The van der Waals surface area contributed by atoms with E-state index in [2.05, 4.69) is 15.4 Å². The van der Waals surface area contributed by atoms with E-state index >= 15 is 0 Å². The van der Waals surface area contributed by atoms with Gasteiger partial charge in [-0.3, -0.25) is 9.48 Å². The molecule has 1 amide bonds. The first-order valence-corrected chi connectivity index (χ1v) is 11.1. The highest BCUT2D eigenvalue weighted by atomic mass is 32.2. The van der Waals surface area contributed by atoms with Gasteiger partial charge in [-0.05, 0) is 25.1 Å². The molecule has 2 aromatic heterocycles. The summed E-state index contributed by atoms with van der Waals surface area (Å²) in [5, 5.41) is 8.81. The zero-order valence-electron chi connectivity index (χ0n) is 15.1. The maximum atomic E-state index is 13.1. The van der Waals surface area contributed by atoms with Crippen molar-refractivity contribution < 1.29 is 13.2 Å². The zero-order valence-corrected chi connectivity index (χ0v) is 16.8. The van der Waals surface area contributed by atoms with Crippen molar-refractivity contribution in [3.63, 3.8) is 0 Å². The van der Waals surface area contributed by atoms with E-state index in [9.17, 15) is 13.2 Å². The van der Waals surface area contributed by atoms with Gasteiger partial charge in [0.2, 0.25) is 10.0 Å². The van der Waals surface area contributed by atoms with Crippen LogP contribution in [0.25, 0.3) is 0 Å². The Labute approximate surface area is 166 Å². The number of sulfonamides is 1. The quantitative estimate of drug-likeness (QED) is 0.683. The van der Waals surface area contributed by atoms with E-state index in [0.29, 0.717) is 5.69 Å². The Morgan fingerprint density at radius 1 is 1.29 bits per heavy atom. The maximum absolute atomic E-state index is 13.1. The highest BCUT2D eigenvalue weighted by Crippen LogP contribution is 2.26. The van der Waals surface area contributed by atoms with Gasteiger partial charge in [0.15, 0.2) is 0 Å². The Balaban J connectivity index is 1.55. The Morgan fingerprint density at radius 2 is 2.07 bits per heavy atom. The number of hydrogen-bond acceptors (Lipinski definition) is 6. The van der Waals surface area contributed by atoms with E-state index in [1.165, 1.54) is 15.6 Å². The van der Waals surface area contributed by atoms with Crippen LogP contribution < -0.4 is 5.32 Å². The lowest BCUT2D eigenvalue weighted by atomic mass is 10.2. The summed E-state index contributed by atoms with van der Waals surface area (Å²) in [4.78, 5) is 16.5. The fourth-order valence-corrected chi connectivity index (χ4v) is 5.15. The van der Waals surface area contributed by atoms with Crippen LogP contribution in [0.5, 0.6) is 0 Å². The molecule has 1 aromatic carbocycles. The van der Waals surface area contributed by atoms with Gasteiger partial charge in [-0.25, -0.2) is 13.4 Å². The third kappa shape index (κ3) is 3.58. The zero-order chi connectivity index (χ0) is 19.7. The Hall–Kier alpha value is -2.56. The Bertz CT molecular complexity index is 1070. The fourth-order valence-electron chi connectivity index (χ4n) is 3.17. The molecule has 0 saturated carbocycles. The van der Waals surface area contributed by atoms with Gasteiger partial charge in [0.25, 0.3) is 5.91 Å². The number of aromatic nitrogens is 3. The Kier molecular flexibility index (Phi) is 5.00. The molecule has 3 aromatic rings. The first kappa shape index (κ1) is 18.8. The van der Waals surface area contributed by atoms with Gasteiger partial charge in [0, 0.05) is 24.7 Å². The van der Waals surface area contributed by atoms with Crippen LogP contribution in [0.4, 0.5) is 0 Å². The van der Waals surface area contributed by atoms with Gasteiger partial charge in [0.05, 0.1) is 28.7 Å². The van der Waals surface area contributed by atoms with Crippen LogP contribution >= 0.6 is 11.3 Å². The number of nitrogens with zero attached hydrogens (tertiary/aromatic N) is 4. The standard InChI is InChI=1S/C18H19N5O3S2/c1-13-2-4-16(5-3-13)28(25,26)22-9-14-6-7-21-23(14)15(10-22)8-19-18(24)17-11-27-12-20-17/h2-7,11-12,15H,8-10H2,1H3,(H,19,24)/t15-/m0/s1. The molecule has 1 N–H and O–H groups in total. The molecule has 0 unspecified atom stereocenters. The monoisotopic (exact) mass is 417 g/mol. The molecule has 3 heterocycles. The third-order valence-electron chi connectivity index (χ3n) is 4.67. The second kappa shape index (κ2) is 7.46. The normalized spacial score (nSPS) is 17.2. The van der Waals surface area contributed by atoms with Crippen LogP contribution in [0, 0.1) is 6.92 Å². The highest BCUT2D eigenvalue weighted by Gasteiger charge is 2.34. The molecule has 0 fully saturated rings. The van der Waals surface area contributed by atoms with Crippen molar-refractivity contribution in [1.82, 2.24) is 24.4 Å². The fraction of sp³-hybridized carbons (Fsp3) is 0.278.